The van der Waals surface area contributed by atoms with Crippen molar-refractivity contribution in [2.45, 2.75) is 6.92 Å². The second-order valence-corrected chi connectivity index (χ2v) is 2.30. The number of nitrogens with zero attached hydrogens (tertiary/aromatic N) is 1. The molecular formula is C9H11N2O. The summed E-state index contributed by atoms with van der Waals surface area (Å²) in [7, 11) is 0. The molecule has 0 aromatic heterocycles. The molecule has 1 aromatic rings. The number of anilines is 1. The fourth-order valence-electron chi connectivity index (χ4n) is 0.992. The second-order valence-electron chi connectivity index (χ2n) is 2.30. The van der Waals surface area contributed by atoms with Crippen LogP contribution in [0.5, 0.6) is 0 Å². The van der Waals surface area contributed by atoms with Crippen molar-refractivity contribution < 1.29 is 4.79 Å². The van der Waals surface area contributed by atoms with Gasteiger partial charge in [-0.15, -0.1) is 0 Å². The lowest BCUT2D eigenvalue weighted by Gasteiger charge is -2.16. The number of para-hydroxylation sites is 1. The number of carbonyl (C=O) groups excluding carboxylic acids is 1. The molecule has 0 saturated heterocycles. The first-order valence-corrected chi connectivity index (χ1v) is 3.69. The molecule has 2 N–H and O–H groups in total. The first kappa shape index (κ1) is 8.59. The summed E-state index contributed by atoms with van der Waals surface area (Å²) >= 11 is 0. The molecule has 12 heavy (non-hydrogen) atoms. The van der Waals surface area contributed by atoms with Crippen molar-refractivity contribution in [3.8, 4) is 0 Å². The minimum atomic E-state index is -0.469. The first-order chi connectivity index (χ1) is 5.75. The lowest BCUT2D eigenvalue weighted by atomic mass is 10.3. The molecule has 0 aliphatic rings. The summed E-state index contributed by atoms with van der Waals surface area (Å²) < 4.78 is 0. The number of urea groups is 1. The van der Waals surface area contributed by atoms with Gasteiger partial charge in [0.05, 0.1) is 6.54 Å². The van der Waals surface area contributed by atoms with Crippen molar-refractivity contribution >= 4 is 11.7 Å². The summed E-state index contributed by atoms with van der Waals surface area (Å²) in [6.07, 6.45) is 0. The predicted octanol–water partition coefficient (Wildman–Crippen LogP) is 1.75. The average Bonchev–Trinajstić information content (AvgIpc) is 2.07. The summed E-state index contributed by atoms with van der Waals surface area (Å²) in [6, 6.07) is 8.78. The molecule has 3 nitrogen and oxygen atoms in total. The van der Waals surface area contributed by atoms with Crippen molar-refractivity contribution in [3.05, 3.63) is 36.9 Å². The Morgan fingerprint density at radius 3 is 2.42 bits per heavy atom. The first-order valence-electron chi connectivity index (χ1n) is 3.69. The number of hydrogen-bond acceptors (Lipinski definition) is 1. The lowest BCUT2D eigenvalue weighted by Crippen LogP contribution is -2.32. The third-order valence-corrected chi connectivity index (χ3v) is 1.53. The normalized spacial score (nSPS) is 9.42. The summed E-state index contributed by atoms with van der Waals surface area (Å²) in [5.41, 5.74) is 5.92. The van der Waals surface area contributed by atoms with Crippen molar-refractivity contribution in [3.63, 3.8) is 0 Å². The zero-order valence-electron chi connectivity index (χ0n) is 6.90. The van der Waals surface area contributed by atoms with Crippen LogP contribution >= 0.6 is 0 Å². The molecule has 63 valence electrons. The van der Waals surface area contributed by atoms with Gasteiger partial charge in [-0.1, -0.05) is 18.2 Å². The highest BCUT2D eigenvalue weighted by Crippen LogP contribution is 2.13. The molecular weight excluding hydrogens is 152 g/mol. The number of rotatable bonds is 2. The highest BCUT2D eigenvalue weighted by Gasteiger charge is 2.08. The highest BCUT2D eigenvalue weighted by molar-refractivity contribution is 5.91. The van der Waals surface area contributed by atoms with Gasteiger partial charge in [0.15, 0.2) is 0 Å². The van der Waals surface area contributed by atoms with Gasteiger partial charge in [0, 0.05) is 5.69 Å². The maximum Gasteiger partial charge on any atom is 0.319 e. The van der Waals surface area contributed by atoms with E-state index in [0.29, 0.717) is 0 Å². The van der Waals surface area contributed by atoms with Crippen molar-refractivity contribution in [1.29, 1.82) is 0 Å². The maximum atomic E-state index is 10.8. The Morgan fingerprint density at radius 2 is 2.00 bits per heavy atom. The number of primary amides is 1. The molecule has 0 saturated carbocycles. The highest BCUT2D eigenvalue weighted by atomic mass is 16.2. The Balaban J connectivity index is 2.88. The van der Waals surface area contributed by atoms with Gasteiger partial charge in [-0.05, 0) is 19.1 Å². The standard InChI is InChI=1S/C9H11N2O/c1-2-11(9(10)12)8-6-4-3-5-7-8/h2-7H,1H3,(H2,10,12). The summed E-state index contributed by atoms with van der Waals surface area (Å²) in [6.45, 7) is 3.40. The second kappa shape index (κ2) is 3.76. The number of amides is 2. The SMILES string of the molecule is C[CH]N(C(N)=O)c1ccccc1. The largest absolute Gasteiger partial charge is 0.351 e. The molecule has 0 aliphatic carbocycles. The third kappa shape index (κ3) is 1.75. The maximum absolute atomic E-state index is 10.8. The van der Waals surface area contributed by atoms with E-state index in [1.807, 2.05) is 30.3 Å². The predicted molar refractivity (Wildman–Crippen MR) is 48.5 cm³/mol. The van der Waals surface area contributed by atoms with E-state index in [4.69, 9.17) is 5.73 Å². The average molecular weight is 163 g/mol. The van der Waals surface area contributed by atoms with Gasteiger partial charge < -0.3 is 5.73 Å². The Morgan fingerprint density at radius 1 is 1.42 bits per heavy atom. The Kier molecular flexibility index (Phi) is 2.69. The fraction of sp³-hybridized carbons (Fsp3) is 0.111. The minimum Gasteiger partial charge on any atom is -0.351 e. The van der Waals surface area contributed by atoms with Crippen molar-refractivity contribution in [2.24, 2.45) is 5.73 Å². The third-order valence-electron chi connectivity index (χ3n) is 1.53. The van der Waals surface area contributed by atoms with Gasteiger partial charge in [-0.2, -0.15) is 0 Å². The molecule has 0 aliphatic heterocycles. The van der Waals surface area contributed by atoms with E-state index >= 15 is 0 Å². The van der Waals surface area contributed by atoms with Gasteiger partial charge >= 0.3 is 6.03 Å². The van der Waals surface area contributed by atoms with E-state index in [0.717, 1.165) is 5.69 Å². The molecule has 2 amide bonds. The van der Waals surface area contributed by atoms with Crippen LogP contribution in [0.3, 0.4) is 0 Å². The number of hydrogen-bond donors (Lipinski definition) is 1. The zero-order valence-corrected chi connectivity index (χ0v) is 6.90. The number of nitrogens with two attached hydrogens (primary N) is 1. The van der Waals surface area contributed by atoms with E-state index in [1.165, 1.54) is 4.90 Å². The van der Waals surface area contributed by atoms with Crippen LogP contribution in [0.2, 0.25) is 0 Å². The van der Waals surface area contributed by atoms with Crippen molar-refractivity contribution in [2.75, 3.05) is 4.90 Å². The van der Waals surface area contributed by atoms with Gasteiger partial charge in [0.25, 0.3) is 0 Å². The summed E-state index contributed by atoms with van der Waals surface area (Å²) in [5.74, 6) is 0. The Bertz CT molecular complexity index is 258. The number of benzene rings is 1. The number of carbonyl (C=O) groups is 1. The van der Waals surface area contributed by atoms with Crippen LogP contribution < -0.4 is 10.6 Å². The molecule has 1 radical (unpaired) electrons. The van der Waals surface area contributed by atoms with E-state index in [2.05, 4.69) is 0 Å². The molecule has 0 fully saturated rings. The van der Waals surface area contributed by atoms with Gasteiger partial charge in [0.2, 0.25) is 0 Å². The molecule has 1 rings (SSSR count). The van der Waals surface area contributed by atoms with Crippen LogP contribution in [0, 0.1) is 6.54 Å². The lowest BCUT2D eigenvalue weighted by molar-refractivity contribution is 0.255. The van der Waals surface area contributed by atoms with Crippen LogP contribution in [0.25, 0.3) is 0 Å². The molecule has 0 spiro atoms. The van der Waals surface area contributed by atoms with Gasteiger partial charge in [-0.3, -0.25) is 4.90 Å². The van der Waals surface area contributed by atoms with E-state index in [-0.39, 0.29) is 0 Å². The fourth-order valence-corrected chi connectivity index (χ4v) is 0.992. The van der Waals surface area contributed by atoms with Gasteiger partial charge in [-0.25, -0.2) is 4.79 Å². The van der Waals surface area contributed by atoms with Gasteiger partial charge in [0.1, 0.15) is 0 Å². The van der Waals surface area contributed by atoms with Crippen LogP contribution in [0.15, 0.2) is 30.3 Å². The van der Waals surface area contributed by atoms with Crippen molar-refractivity contribution in [1.82, 2.24) is 0 Å². The minimum absolute atomic E-state index is 0.469. The molecule has 0 unspecified atom stereocenters. The molecule has 0 heterocycles. The Labute approximate surface area is 71.8 Å². The Hall–Kier alpha value is -1.51. The summed E-state index contributed by atoms with van der Waals surface area (Å²) in [4.78, 5) is 12.2. The van der Waals surface area contributed by atoms with E-state index < -0.39 is 6.03 Å². The van der Waals surface area contributed by atoms with Crippen LogP contribution in [0.4, 0.5) is 10.5 Å². The van der Waals surface area contributed by atoms with Crippen LogP contribution in [0.1, 0.15) is 6.92 Å². The molecule has 0 atom stereocenters. The zero-order chi connectivity index (χ0) is 8.97. The smallest absolute Gasteiger partial charge is 0.319 e. The quantitative estimate of drug-likeness (QED) is 0.709. The van der Waals surface area contributed by atoms with E-state index in [9.17, 15) is 4.79 Å². The summed E-state index contributed by atoms with van der Waals surface area (Å²) in [5, 5.41) is 0. The van der Waals surface area contributed by atoms with Crippen LogP contribution in [-0.2, 0) is 0 Å². The molecule has 0 bridgehead atoms. The topological polar surface area (TPSA) is 46.3 Å². The monoisotopic (exact) mass is 163 g/mol. The molecule has 3 heteroatoms. The molecule has 1 aromatic carbocycles. The van der Waals surface area contributed by atoms with E-state index in [1.54, 1.807) is 13.5 Å². The van der Waals surface area contributed by atoms with Crippen LogP contribution in [-0.4, -0.2) is 6.03 Å².